The van der Waals surface area contributed by atoms with Crippen LogP contribution >= 0.6 is 0 Å². The number of nitrogens with zero attached hydrogens (tertiary/aromatic N) is 2. The minimum Gasteiger partial charge on any atom is -0.480 e. The van der Waals surface area contributed by atoms with Gasteiger partial charge in [-0.1, -0.05) is 6.07 Å². The van der Waals surface area contributed by atoms with E-state index in [-0.39, 0.29) is 24.3 Å². The number of carbonyl (C=O) groups excluding carboxylic acids is 1. The number of amides is 1. The predicted molar refractivity (Wildman–Crippen MR) is 75.7 cm³/mol. The first-order valence-electron chi connectivity index (χ1n) is 6.94. The number of aromatic nitrogens is 2. The Kier molecular flexibility index (Phi) is 3.81. The van der Waals surface area contributed by atoms with Crippen molar-refractivity contribution in [3.63, 3.8) is 0 Å². The van der Waals surface area contributed by atoms with Gasteiger partial charge in [-0.15, -0.1) is 0 Å². The fourth-order valence-electron chi connectivity index (χ4n) is 2.48. The number of aliphatic carboxylic acids is 1. The van der Waals surface area contributed by atoms with Crippen molar-refractivity contribution in [1.82, 2.24) is 9.78 Å². The standard InChI is InChI=1S/C15H13F2N3O3/c16-12-2-1-8(3-13(12)17)10-4-11(10)15(23)19-9-5-18-20(6-9)7-14(21)22/h1-3,5-6,10-11H,4,7H2,(H,19,23)(H,21,22). The number of hydrogen-bond donors (Lipinski definition) is 2. The first kappa shape index (κ1) is 15.1. The molecule has 3 rings (SSSR count). The Morgan fingerprint density at radius 1 is 1.35 bits per heavy atom. The van der Waals surface area contributed by atoms with Crippen molar-refractivity contribution in [2.24, 2.45) is 5.92 Å². The van der Waals surface area contributed by atoms with E-state index in [1.54, 1.807) is 0 Å². The van der Waals surface area contributed by atoms with Crippen molar-refractivity contribution in [3.05, 3.63) is 47.8 Å². The molecule has 1 heterocycles. The summed E-state index contributed by atoms with van der Waals surface area (Å²) in [5, 5.41) is 15.1. The molecular weight excluding hydrogens is 308 g/mol. The molecule has 2 atom stereocenters. The second-order valence-corrected chi connectivity index (χ2v) is 5.43. The van der Waals surface area contributed by atoms with Gasteiger partial charge in [-0.3, -0.25) is 14.3 Å². The lowest BCUT2D eigenvalue weighted by Gasteiger charge is -2.03. The third-order valence-corrected chi connectivity index (χ3v) is 3.70. The highest BCUT2D eigenvalue weighted by atomic mass is 19.2. The molecule has 1 aromatic carbocycles. The Balaban J connectivity index is 1.60. The molecule has 8 heteroatoms. The summed E-state index contributed by atoms with van der Waals surface area (Å²) in [4.78, 5) is 22.7. The molecule has 1 aliphatic rings. The molecular formula is C15H13F2N3O3. The molecule has 1 aliphatic carbocycles. The predicted octanol–water partition coefficient (Wildman–Crippen LogP) is 1.99. The summed E-state index contributed by atoms with van der Waals surface area (Å²) in [6.45, 7) is -0.295. The Morgan fingerprint density at radius 3 is 2.83 bits per heavy atom. The maximum atomic E-state index is 13.2. The molecule has 1 fully saturated rings. The Hall–Kier alpha value is -2.77. The summed E-state index contributed by atoms with van der Waals surface area (Å²) in [5.41, 5.74) is 0.984. The molecule has 23 heavy (non-hydrogen) atoms. The van der Waals surface area contributed by atoms with Crippen LogP contribution in [0.25, 0.3) is 0 Å². The van der Waals surface area contributed by atoms with Crippen molar-refractivity contribution in [2.45, 2.75) is 18.9 Å². The summed E-state index contributed by atoms with van der Waals surface area (Å²) >= 11 is 0. The zero-order valence-corrected chi connectivity index (χ0v) is 11.9. The number of hydrogen-bond acceptors (Lipinski definition) is 3. The van der Waals surface area contributed by atoms with Crippen LogP contribution in [-0.2, 0) is 16.1 Å². The minimum absolute atomic E-state index is 0.140. The van der Waals surface area contributed by atoms with Gasteiger partial charge in [0.15, 0.2) is 11.6 Å². The number of nitrogens with one attached hydrogen (secondary N) is 1. The zero-order chi connectivity index (χ0) is 16.6. The van der Waals surface area contributed by atoms with Gasteiger partial charge in [-0.25, -0.2) is 8.78 Å². The van der Waals surface area contributed by atoms with Gasteiger partial charge in [-0.05, 0) is 30.0 Å². The number of rotatable bonds is 5. The maximum absolute atomic E-state index is 13.2. The molecule has 2 N–H and O–H groups in total. The van der Waals surface area contributed by atoms with Crippen LogP contribution in [0.1, 0.15) is 17.9 Å². The average molecular weight is 321 g/mol. The first-order chi connectivity index (χ1) is 10.9. The van der Waals surface area contributed by atoms with Crippen molar-refractivity contribution in [1.29, 1.82) is 0 Å². The van der Waals surface area contributed by atoms with E-state index in [4.69, 9.17) is 5.11 Å². The van der Waals surface area contributed by atoms with Crippen LogP contribution in [-0.4, -0.2) is 26.8 Å². The molecule has 0 aliphatic heterocycles. The highest BCUT2D eigenvalue weighted by Crippen LogP contribution is 2.48. The third-order valence-electron chi connectivity index (χ3n) is 3.70. The van der Waals surface area contributed by atoms with Gasteiger partial charge < -0.3 is 10.4 Å². The number of halogens is 2. The lowest BCUT2D eigenvalue weighted by Crippen LogP contribution is -2.14. The Labute approximate surface area is 129 Å². The number of anilines is 1. The molecule has 6 nitrogen and oxygen atoms in total. The van der Waals surface area contributed by atoms with Crippen molar-refractivity contribution >= 4 is 17.6 Å². The molecule has 0 saturated heterocycles. The van der Waals surface area contributed by atoms with E-state index in [0.717, 1.165) is 12.1 Å². The Morgan fingerprint density at radius 2 is 2.13 bits per heavy atom. The zero-order valence-electron chi connectivity index (χ0n) is 11.9. The second-order valence-electron chi connectivity index (χ2n) is 5.43. The summed E-state index contributed by atoms with van der Waals surface area (Å²) < 4.78 is 27.3. The van der Waals surface area contributed by atoms with E-state index >= 15 is 0 Å². The van der Waals surface area contributed by atoms with E-state index < -0.39 is 17.6 Å². The van der Waals surface area contributed by atoms with Gasteiger partial charge >= 0.3 is 5.97 Å². The molecule has 120 valence electrons. The van der Waals surface area contributed by atoms with E-state index in [2.05, 4.69) is 10.4 Å². The van der Waals surface area contributed by atoms with E-state index in [9.17, 15) is 18.4 Å². The first-order valence-corrected chi connectivity index (χ1v) is 6.94. The Bertz CT molecular complexity index is 775. The van der Waals surface area contributed by atoms with Gasteiger partial charge in [0, 0.05) is 12.1 Å². The van der Waals surface area contributed by atoms with Crippen LogP contribution < -0.4 is 5.32 Å². The minimum atomic E-state index is -1.04. The van der Waals surface area contributed by atoms with Gasteiger partial charge in [-0.2, -0.15) is 5.10 Å². The SMILES string of the molecule is O=C(O)Cn1cc(NC(=O)C2CC2c2ccc(F)c(F)c2)cn1. The summed E-state index contributed by atoms with van der Waals surface area (Å²) in [6, 6.07) is 3.63. The van der Waals surface area contributed by atoms with Crippen LogP contribution in [0.2, 0.25) is 0 Å². The van der Waals surface area contributed by atoms with Gasteiger partial charge in [0.2, 0.25) is 5.91 Å². The topological polar surface area (TPSA) is 84.2 Å². The third kappa shape index (κ3) is 3.36. The summed E-state index contributed by atoms with van der Waals surface area (Å²) in [6.07, 6.45) is 3.33. The van der Waals surface area contributed by atoms with Crippen molar-refractivity contribution in [3.8, 4) is 0 Å². The fourth-order valence-corrected chi connectivity index (χ4v) is 2.48. The quantitative estimate of drug-likeness (QED) is 0.882. The molecule has 0 bridgehead atoms. The lowest BCUT2D eigenvalue weighted by atomic mass is 10.1. The van der Waals surface area contributed by atoms with Crippen molar-refractivity contribution in [2.75, 3.05) is 5.32 Å². The van der Waals surface area contributed by atoms with E-state index in [1.165, 1.54) is 23.1 Å². The number of carboxylic acids is 1. The number of carbonyl (C=O) groups is 2. The normalized spacial score (nSPS) is 19.4. The molecule has 2 unspecified atom stereocenters. The van der Waals surface area contributed by atoms with E-state index in [1.807, 2.05) is 0 Å². The van der Waals surface area contributed by atoms with Crippen molar-refractivity contribution < 1.29 is 23.5 Å². The van der Waals surface area contributed by atoms with Crippen LogP contribution in [0, 0.1) is 17.6 Å². The maximum Gasteiger partial charge on any atom is 0.325 e. The van der Waals surface area contributed by atoms with Gasteiger partial charge in [0.05, 0.1) is 11.9 Å². The number of benzene rings is 1. The van der Waals surface area contributed by atoms with Crippen LogP contribution in [0.3, 0.4) is 0 Å². The molecule has 0 radical (unpaired) electrons. The van der Waals surface area contributed by atoms with E-state index in [0.29, 0.717) is 17.7 Å². The highest BCUT2D eigenvalue weighted by Gasteiger charge is 2.44. The highest BCUT2D eigenvalue weighted by molar-refractivity contribution is 5.95. The molecule has 1 saturated carbocycles. The monoisotopic (exact) mass is 321 g/mol. The molecule has 1 aromatic heterocycles. The van der Waals surface area contributed by atoms with Crippen LogP contribution in [0.15, 0.2) is 30.6 Å². The smallest absolute Gasteiger partial charge is 0.325 e. The average Bonchev–Trinajstić information content (AvgIpc) is 3.17. The number of carboxylic acid groups (broad SMARTS) is 1. The molecule has 2 aromatic rings. The summed E-state index contributed by atoms with van der Waals surface area (Å²) in [5.74, 6) is -3.59. The molecule has 1 amide bonds. The fraction of sp³-hybridized carbons (Fsp3) is 0.267. The van der Waals surface area contributed by atoms with Crippen LogP contribution in [0.4, 0.5) is 14.5 Å². The van der Waals surface area contributed by atoms with Gasteiger partial charge in [0.1, 0.15) is 6.54 Å². The second kappa shape index (κ2) is 5.79. The van der Waals surface area contributed by atoms with Crippen LogP contribution in [0.5, 0.6) is 0 Å². The lowest BCUT2D eigenvalue weighted by molar-refractivity contribution is -0.137. The molecule has 0 spiro atoms. The van der Waals surface area contributed by atoms with Gasteiger partial charge in [0.25, 0.3) is 0 Å². The largest absolute Gasteiger partial charge is 0.480 e. The summed E-state index contributed by atoms with van der Waals surface area (Å²) in [7, 11) is 0.